The van der Waals surface area contributed by atoms with Gasteiger partial charge in [-0.1, -0.05) is 26.8 Å². The number of amides is 2. The Morgan fingerprint density at radius 3 is 2.67 bits per heavy atom. The molecule has 2 bridgehead atoms. The molecule has 2 N–H and O–H groups in total. The summed E-state index contributed by atoms with van der Waals surface area (Å²) in [6.07, 6.45) is 6.85. The van der Waals surface area contributed by atoms with Gasteiger partial charge >= 0.3 is 5.97 Å². The molecular weight excluding hydrogens is 464 g/mol. The van der Waals surface area contributed by atoms with Crippen LogP contribution >= 0.6 is 23.5 Å². The second kappa shape index (κ2) is 12.8. The fourth-order valence-corrected chi connectivity index (χ4v) is 4.16. The second-order valence-electron chi connectivity index (χ2n) is 8.35. The van der Waals surface area contributed by atoms with Crippen LogP contribution in [0.25, 0.3) is 0 Å². The predicted octanol–water partition coefficient (Wildman–Crippen LogP) is 2.70. The lowest BCUT2D eigenvalue weighted by Crippen LogP contribution is -2.38. The van der Waals surface area contributed by atoms with Crippen LogP contribution in [0, 0.1) is 0 Å². The Kier molecular flexibility index (Phi) is 10.5. The number of nitrogens with zero attached hydrogens (tertiary/aromatic N) is 2. The lowest BCUT2D eigenvalue weighted by atomic mass is 10.2. The van der Waals surface area contributed by atoms with Crippen LogP contribution in [0.3, 0.4) is 0 Å². The molecule has 2 heterocycles. The van der Waals surface area contributed by atoms with Crippen LogP contribution in [0.1, 0.15) is 52.1 Å². The summed E-state index contributed by atoms with van der Waals surface area (Å²) < 4.78 is 11.0. The molecule has 2 amide bonds. The van der Waals surface area contributed by atoms with Gasteiger partial charge in [-0.15, -0.1) is 11.8 Å². The largest absolute Gasteiger partial charge is 0.456 e. The van der Waals surface area contributed by atoms with E-state index in [4.69, 9.17) is 9.15 Å². The van der Waals surface area contributed by atoms with Crippen LogP contribution in [-0.4, -0.2) is 63.3 Å². The summed E-state index contributed by atoms with van der Waals surface area (Å²) in [5, 5.41) is 5.78. The van der Waals surface area contributed by atoms with Gasteiger partial charge in [0.25, 0.3) is 0 Å². The van der Waals surface area contributed by atoms with Gasteiger partial charge in [0, 0.05) is 4.75 Å². The van der Waals surface area contributed by atoms with Crippen LogP contribution in [-0.2, 0) is 25.7 Å². The molecule has 11 heteroatoms. The minimum Gasteiger partial charge on any atom is -0.456 e. The Morgan fingerprint density at radius 2 is 1.97 bits per heavy atom. The molecule has 0 saturated heterocycles. The van der Waals surface area contributed by atoms with Crippen LogP contribution in [0.4, 0.5) is 0 Å². The average Bonchev–Trinajstić information content (AvgIpc) is 3.21. The van der Waals surface area contributed by atoms with Crippen molar-refractivity contribution < 1.29 is 23.5 Å². The zero-order valence-corrected chi connectivity index (χ0v) is 21.3. The summed E-state index contributed by atoms with van der Waals surface area (Å²) >= 11 is 3.15. The van der Waals surface area contributed by atoms with Gasteiger partial charge in [-0.3, -0.25) is 19.4 Å². The van der Waals surface area contributed by atoms with Crippen molar-refractivity contribution in [3.8, 4) is 0 Å². The lowest BCUT2D eigenvalue weighted by molar-refractivity contribution is -0.148. The number of esters is 1. The summed E-state index contributed by atoms with van der Waals surface area (Å²) in [7, 11) is 0. The minimum atomic E-state index is -0.749. The number of aliphatic imine (C=N–C) groups is 1. The molecule has 1 aromatic rings. The van der Waals surface area contributed by atoms with Crippen LogP contribution in [0.2, 0.25) is 0 Å². The van der Waals surface area contributed by atoms with Gasteiger partial charge < -0.3 is 19.8 Å². The van der Waals surface area contributed by atoms with Gasteiger partial charge in [-0.2, -0.15) is 11.8 Å². The van der Waals surface area contributed by atoms with Crippen molar-refractivity contribution in [2.24, 2.45) is 4.99 Å². The van der Waals surface area contributed by atoms with E-state index in [0.29, 0.717) is 16.6 Å². The van der Waals surface area contributed by atoms with Gasteiger partial charge in [0.2, 0.25) is 17.7 Å². The minimum absolute atomic E-state index is 0.0515. The molecule has 9 nitrogen and oxygen atoms in total. The number of carbonyl (C=O) groups is 3. The number of nitrogens with one attached hydrogen (secondary N) is 2. The van der Waals surface area contributed by atoms with Crippen LogP contribution in [0.15, 0.2) is 27.8 Å². The molecule has 0 aromatic carbocycles. The van der Waals surface area contributed by atoms with E-state index in [1.807, 2.05) is 24.1 Å². The zero-order chi connectivity index (χ0) is 24.4. The van der Waals surface area contributed by atoms with Gasteiger partial charge in [0.15, 0.2) is 0 Å². The Hall–Kier alpha value is -2.27. The number of thioether (sulfide) groups is 2. The first-order chi connectivity index (χ1) is 15.6. The van der Waals surface area contributed by atoms with Crippen molar-refractivity contribution >= 4 is 46.4 Å². The Balaban J connectivity index is 2.12. The number of aromatic nitrogens is 1. The molecular formula is C22H32N4O5S2. The van der Waals surface area contributed by atoms with E-state index in [1.54, 1.807) is 13.0 Å². The third-order valence-corrected chi connectivity index (χ3v) is 6.35. The molecule has 1 aliphatic heterocycles. The lowest BCUT2D eigenvalue weighted by Gasteiger charge is -2.17. The van der Waals surface area contributed by atoms with Gasteiger partial charge in [0.1, 0.15) is 35.7 Å². The number of cyclic esters (lactones) is 1. The van der Waals surface area contributed by atoms with E-state index in [2.05, 4.69) is 41.4 Å². The Labute approximate surface area is 203 Å². The standard InChI is InChI=1S/C22H32N4O5S2/c1-14-20(29)24-12-19(28)31-15(8-6-7-9-33-22(2,3)4)10-17(27)23-11-18-26-16(13-30-18)21(25-14)32-5/h6,8,13-15H,7,9-12H2,1-5H3,(H,23,27)(H,24,29)/b8-6+,25-21?. The third-order valence-electron chi connectivity index (χ3n) is 4.34. The normalized spacial score (nSPS) is 21.4. The third kappa shape index (κ3) is 10.0. The molecule has 2 unspecified atom stereocenters. The predicted molar refractivity (Wildman–Crippen MR) is 131 cm³/mol. The molecule has 2 rings (SSSR count). The molecule has 0 saturated carbocycles. The highest BCUT2D eigenvalue weighted by molar-refractivity contribution is 8.13. The second-order valence-corrected chi connectivity index (χ2v) is 11.1. The molecule has 2 atom stereocenters. The molecule has 0 aliphatic carbocycles. The molecule has 0 radical (unpaired) electrons. The summed E-state index contributed by atoms with van der Waals surface area (Å²) in [5.41, 5.74) is 0.479. The summed E-state index contributed by atoms with van der Waals surface area (Å²) in [6.45, 7) is 7.84. The maximum Gasteiger partial charge on any atom is 0.326 e. The highest BCUT2D eigenvalue weighted by atomic mass is 32.2. The number of ether oxygens (including phenoxy) is 1. The average molecular weight is 497 g/mol. The van der Waals surface area contributed by atoms with Crippen molar-refractivity contribution in [1.29, 1.82) is 0 Å². The molecule has 33 heavy (non-hydrogen) atoms. The number of hydrogen-bond donors (Lipinski definition) is 2. The number of oxazole rings is 1. The van der Waals surface area contributed by atoms with Crippen molar-refractivity contribution in [1.82, 2.24) is 15.6 Å². The molecule has 182 valence electrons. The molecule has 0 spiro atoms. The van der Waals surface area contributed by atoms with Gasteiger partial charge in [-0.05, 0) is 31.4 Å². The van der Waals surface area contributed by atoms with Crippen LogP contribution < -0.4 is 10.6 Å². The molecule has 1 aromatic heterocycles. The first kappa shape index (κ1) is 27.0. The Morgan fingerprint density at radius 1 is 1.21 bits per heavy atom. The van der Waals surface area contributed by atoms with E-state index >= 15 is 0 Å². The van der Waals surface area contributed by atoms with Gasteiger partial charge in [-0.25, -0.2) is 4.98 Å². The van der Waals surface area contributed by atoms with Crippen molar-refractivity contribution in [2.75, 3.05) is 18.6 Å². The number of hydrogen-bond acceptors (Lipinski definition) is 9. The van der Waals surface area contributed by atoms with Crippen molar-refractivity contribution in [3.63, 3.8) is 0 Å². The first-order valence-corrected chi connectivity index (χ1v) is 12.9. The topological polar surface area (TPSA) is 123 Å². The summed E-state index contributed by atoms with van der Waals surface area (Å²) in [6, 6.07) is -0.732. The monoisotopic (exact) mass is 496 g/mol. The van der Waals surface area contributed by atoms with Crippen LogP contribution in [0.5, 0.6) is 0 Å². The van der Waals surface area contributed by atoms with Gasteiger partial charge in [0.05, 0.1) is 13.0 Å². The van der Waals surface area contributed by atoms with E-state index in [-0.39, 0.29) is 30.2 Å². The van der Waals surface area contributed by atoms with Crippen molar-refractivity contribution in [2.45, 2.75) is 64.0 Å². The molecule has 1 aliphatic rings. The number of allylic oxidation sites excluding steroid dienone is 1. The SMILES string of the molecule is CSC1=NC(C)C(=O)NCC(=O)OC(/C=C/CCSC(C)(C)C)CC(=O)NCc2nc1co2. The summed E-state index contributed by atoms with van der Waals surface area (Å²) in [4.78, 5) is 45.8. The van der Waals surface area contributed by atoms with Crippen molar-refractivity contribution in [3.05, 3.63) is 30.0 Å². The van der Waals surface area contributed by atoms with E-state index in [9.17, 15) is 14.4 Å². The van der Waals surface area contributed by atoms with E-state index in [1.165, 1.54) is 18.0 Å². The maximum absolute atomic E-state index is 12.4. The maximum atomic E-state index is 12.4. The quantitative estimate of drug-likeness (QED) is 0.371. The fraction of sp³-hybridized carbons (Fsp3) is 0.591. The Bertz CT molecular complexity index is 892. The fourth-order valence-electron chi connectivity index (χ4n) is 2.72. The summed E-state index contributed by atoms with van der Waals surface area (Å²) in [5.74, 6) is -0.138. The van der Waals surface area contributed by atoms with E-state index in [0.717, 1.165) is 12.2 Å². The smallest absolute Gasteiger partial charge is 0.326 e. The first-order valence-electron chi connectivity index (χ1n) is 10.7. The highest BCUT2D eigenvalue weighted by Gasteiger charge is 2.21. The van der Waals surface area contributed by atoms with E-state index < -0.39 is 24.0 Å². The molecule has 0 fully saturated rings. The highest BCUT2D eigenvalue weighted by Crippen LogP contribution is 2.23. The number of fused-ring (bicyclic) bond motifs is 2. The number of rotatable bonds is 4. The zero-order valence-electron chi connectivity index (χ0n) is 19.7. The number of carbonyl (C=O) groups excluding carboxylic acids is 3.